The summed E-state index contributed by atoms with van der Waals surface area (Å²) in [6, 6.07) is 0. The highest BCUT2D eigenvalue weighted by Gasteiger charge is 2.07. The van der Waals surface area contributed by atoms with E-state index in [1.165, 1.54) is 25.6 Å². The molecule has 0 aliphatic carbocycles. The topological polar surface area (TPSA) is 43.6 Å². The molecule has 5 heteroatoms. The minimum atomic E-state index is 0.428. The van der Waals surface area contributed by atoms with Crippen molar-refractivity contribution >= 4 is 22.8 Å². The molecule has 0 spiro atoms. The number of rotatable bonds is 5. The molecule has 0 fully saturated rings. The quantitative estimate of drug-likeness (QED) is 0.594. The fourth-order valence-electron chi connectivity index (χ4n) is 1.72. The predicted octanol–water partition coefficient (Wildman–Crippen LogP) is 3.06. The number of imidazole rings is 1. The normalized spacial score (nSPS) is 11.1. The second-order valence-electron chi connectivity index (χ2n) is 3.84. The zero-order chi connectivity index (χ0) is 11.4. The molecule has 0 N–H and O–H groups in total. The Bertz CT molecular complexity index is 466. The van der Waals surface area contributed by atoms with Crippen molar-refractivity contribution in [3.05, 3.63) is 17.8 Å². The Labute approximate surface area is 99.7 Å². The third-order valence-electron chi connectivity index (χ3n) is 2.61. The van der Waals surface area contributed by atoms with E-state index in [0.29, 0.717) is 10.7 Å². The molecular weight excluding hydrogens is 224 g/mol. The van der Waals surface area contributed by atoms with E-state index in [0.717, 1.165) is 18.6 Å². The van der Waals surface area contributed by atoms with Crippen LogP contribution < -0.4 is 0 Å². The number of aromatic nitrogens is 4. The SMILES string of the molecule is CCCCCCn1cnc2c(Cl)ncnc21. The Kier molecular flexibility index (Phi) is 3.72. The summed E-state index contributed by atoms with van der Waals surface area (Å²) in [5, 5.41) is 0.428. The van der Waals surface area contributed by atoms with Crippen LogP contribution in [-0.2, 0) is 6.54 Å². The first-order valence-corrected chi connectivity index (χ1v) is 6.02. The van der Waals surface area contributed by atoms with Crippen LogP contribution in [0.2, 0.25) is 5.15 Å². The first-order chi connectivity index (χ1) is 7.83. The minimum absolute atomic E-state index is 0.428. The first-order valence-electron chi connectivity index (χ1n) is 5.64. The Balaban J connectivity index is 2.10. The van der Waals surface area contributed by atoms with Crippen molar-refractivity contribution < 1.29 is 0 Å². The zero-order valence-corrected chi connectivity index (χ0v) is 10.1. The van der Waals surface area contributed by atoms with Crippen LogP contribution in [-0.4, -0.2) is 19.5 Å². The van der Waals surface area contributed by atoms with E-state index in [9.17, 15) is 0 Å². The van der Waals surface area contributed by atoms with Crippen molar-refractivity contribution in [2.75, 3.05) is 0 Å². The van der Waals surface area contributed by atoms with Gasteiger partial charge in [0.1, 0.15) is 11.8 Å². The van der Waals surface area contributed by atoms with E-state index in [2.05, 4.69) is 21.9 Å². The number of hydrogen-bond donors (Lipinski definition) is 0. The van der Waals surface area contributed by atoms with Crippen LogP contribution in [0, 0.1) is 0 Å². The van der Waals surface area contributed by atoms with Crippen LogP contribution in [0.1, 0.15) is 32.6 Å². The largest absolute Gasteiger partial charge is 0.315 e. The Morgan fingerprint density at radius 2 is 2.06 bits per heavy atom. The molecule has 0 saturated carbocycles. The van der Waals surface area contributed by atoms with E-state index in [1.807, 2.05) is 4.57 Å². The van der Waals surface area contributed by atoms with Gasteiger partial charge < -0.3 is 4.57 Å². The lowest BCUT2D eigenvalue weighted by Gasteiger charge is -2.02. The number of unbranched alkanes of at least 4 members (excludes halogenated alkanes) is 3. The lowest BCUT2D eigenvalue weighted by molar-refractivity contribution is 0.589. The van der Waals surface area contributed by atoms with Crippen molar-refractivity contribution in [1.29, 1.82) is 0 Å². The molecule has 0 aliphatic heterocycles. The van der Waals surface area contributed by atoms with Gasteiger partial charge in [-0.2, -0.15) is 0 Å². The van der Waals surface area contributed by atoms with Crippen LogP contribution >= 0.6 is 11.6 Å². The molecule has 2 aromatic rings. The van der Waals surface area contributed by atoms with E-state index in [1.54, 1.807) is 6.33 Å². The molecule has 0 unspecified atom stereocenters. The molecule has 2 aromatic heterocycles. The standard InChI is InChI=1S/C11H15ClN4/c1-2-3-4-5-6-16-8-15-9-10(12)13-7-14-11(9)16/h7-8H,2-6H2,1H3. The highest BCUT2D eigenvalue weighted by atomic mass is 35.5. The monoisotopic (exact) mass is 238 g/mol. The van der Waals surface area contributed by atoms with Gasteiger partial charge in [0.15, 0.2) is 10.8 Å². The van der Waals surface area contributed by atoms with E-state index in [-0.39, 0.29) is 0 Å². The molecule has 0 saturated heterocycles. The summed E-state index contributed by atoms with van der Waals surface area (Å²) in [5.41, 5.74) is 1.52. The summed E-state index contributed by atoms with van der Waals surface area (Å²) in [5.74, 6) is 0. The molecule has 0 amide bonds. The Hall–Kier alpha value is -1.16. The summed E-state index contributed by atoms with van der Waals surface area (Å²) in [7, 11) is 0. The second kappa shape index (κ2) is 5.25. The zero-order valence-electron chi connectivity index (χ0n) is 9.36. The molecule has 4 nitrogen and oxygen atoms in total. The summed E-state index contributed by atoms with van der Waals surface area (Å²) in [6.45, 7) is 3.16. The summed E-state index contributed by atoms with van der Waals surface area (Å²) in [4.78, 5) is 12.3. The number of fused-ring (bicyclic) bond motifs is 1. The van der Waals surface area contributed by atoms with Gasteiger partial charge in [0, 0.05) is 6.54 Å². The lowest BCUT2D eigenvalue weighted by atomic mass is 10.2. The fourth-order valence-corrected chi connectivity index (χ4v) is 1.90. The maximum absolute atomic E-state index is 5.93. The summed E-state index contributed by atoms with van der Waals surface area (Å²) in [6.07, 6.45) is 8.20. The van der Waals surface area contributed by atoms with Crippen molar-refractivity contribution in [3.8, 4) is 0 Å². The molecule has 0 aliphatic rings. The Morgan fingerprint density at radius 1 is 1.19 bits per heavy atom. The van der Waals surface area contributed by atoms with Gasteiger partial charge >= 0.3 is 0 Å². The summed E-state index contributed by atoms with van der Waals surface area (Å²) >= 11 is 5.93. The molecule has 0 atom stereocenters. The molecule has 2 heterocycles. The van der Waals surface area contributed by atoms with E-state index in [4.69, 9.17) is 11.6 Å². The second-order valence-corrected chi connectivity index (χ2v) is 4.19. The number of nitrogens with zero attached hydrogens (tertiary/aromatic N) is 4. The van der Waals surface area contributed by atoms with Gasteiger partial charge in [-0.15, -0.1) is 0 Å². The van der Waals surface area contributed by atoms with Crippen molar-refractivity contribution in [2.24, 2.45) is 0 Å². The number of hydrogen-bond acceptors (Lipinski definition) is 3. The Morgan fingerprint density at radius 3 is 2.88 bits per heavy atom. The van der Waals surface area contributed by atoms with E-state index >= 15 is 0 Å². The molecule has 0 radical (unpaired) electrons. The highest BCUT2D eigenvalue weighted by molar-refractivity contribution is 6.33. The molecule has 16 heavy (non-hydrogen) atoms. The van der Waals surface area contributed by atoms with Gasteiger partial charge in [0.2, 0.25) is 0 Å². The predicted molar refractivity (Wildman–Crippen MR) is 64.5 cm³/mol. The van der Waals surface area contributed by atoms with E-state index < -0.39 is 0 Å². The van der Waals surface area contributed by atoms with Gasteiger partial charge in [0.05, 0.1) is 6.33 Å². The fraction of sp³-hybridized carbons (Fsp3) is 0.545. The van der Waals surface area contributed by atoms with Gasteiger partial charge in [0.25, 0.3) is 0 Å². The third kappa shape index (κ3) is 2.32. The third-order valence-corrected chi connectivity index (χ3v) is 2.89. The maximum Gasteiger partial charge on any atom is 0.164 e. The van der Waals surface area contributed by atoms with Crippen LogP contribution in [0.5, 0.6) is 0 Å². The number of aryl methyl sites for hydroxylation is 1. The average molecular weight is 239 g/mol. The maximum atomic E-state index is 5.93. The van der Waals surface area contributed by atoms with Crippen molar-refractivity contribution in [2.45, 2.75) is 39.2 Å². The van der Waals surface area contributed by atoms with Crippen LogP contribution in [0.15, 0.2) is 12.7 Å². The molecular formula is C11H15ClN4. The van der Waals surface area contributed by atoms with Gasteiger partial charge in [-0.25, -0.2) is 15.0 Å². The molecule has 2 rings (SSSR count). The average Bonchev–Trinajstić information content (AvgIpc) is 2.70. The van der Waals surface area contributed by atoms with Crippen molar-refractivity contribution in [3.63, 3.8) is 0 Å². The van der Waals surface area contributed by atoms with Crippen LogP contribution in [0.3, 0.4) is 0 Å². The first kappa shape index (κ1) is 11.3. The lowest BCUT2D eigenvalue weighted by Crippen LogP contribution is -1.97. The molecule has 0 aromatic carbocycles. The summed E-state index contributed by atoms with van der Waals surface area (Å²) < 4.78 is 2.04. The molecule has 0 bridgehead atoms. The smallest absolute Gasteiger partial charge is 0.164 e. The number of halogens is 1. The van der Waals surface area contributed by atoms with Crippen molar-refractivity contribution in [1.82, 2.24) is 19.5 Å². The highest BCUT2D eigenvalue weighted by Crippen LogP contribution is 2.17. The van der Waals surface area contributed by atoms with Gasteiger partial charge in [-0.05, 0) is 6.42 Å². The van der Waals surface area contributed by atoms with Gasteiger partial charge in [-0.1, -0.05) is 37.8 Å². The minimum Gasteiger partial charge on any atom is -0.315 e. The van der Waals surface area contributed by atoms with Crippen LogP contribution in [0.25, 0.3) is 11.2 Å². The van der Waals surface area contributed by atoms with Crippen LogP contribution in [0.4, 0.5) is 0 Å². The molecule has 86 valence electrons. The van der Waals surface area contributed by atoms with Gasteiger partial charge in [-0.3, -0.25) is 0 Å².